The van der Waals surface area contributed by atoms with Gasteiger partial charge >= 0.3 is 0 Å². The summed E-state index contributed by atoms with van der Waals surface area (Å²) in [6, 6.07) is 11.9. The lowest BCUT2D eigenvalue weighted by Crippen LogP contribution is -2.52. The fraction of sp³-hybridized carbons (Fsp3) is 0.409. The van der Waals surface area contributed by atoms with Crippen LogP contribution in [0.4, 0.5) is 5.69 Å². The Kier molecular flexibility index (Phi) is 6.06. The molecule has 0 radical (unpaired) electrons. The van der Waals surface area contributed by atoms with Crippen molar-refractivity contribution in [1.29, 1.82) is 0 Å². The predicted molar refractivity (Wildman–Crippen MR) is 115 cm³/mol. The second-order valence-corrected chi connectivity index (χ2v) is 9.92. The van der Waals surface area contributed by atoms with Gasteiger partial charge in [-0.1, -0.05) is 30.7 Å². The van der Waals surface area contributed by atoms with Crippen LogP contribution >= 0.6 is 0 Å². The van der Waals surface area contributed by atoms with Crippen molar-refractivity contribution in [1.82, 2.24) is 9.62 Å². The number of aryl methyl sites for hydroxylation is 1. The maximum atomic E-state index is 13.2. The van der Waals surface area contributed by atoms with Crippen LogP contribution in [0.2, 0.25) is 0 Å². The normalized spacial score (nSPS) is 21.8. The zero-order chi connectivity index (χ0) is 22.0. The summed E-state index contributed by atoms with van der Waals surface area (Å²) >= 11 is 0. The molecular weight excluding hydrogens is 418 g/mol. The molecule has 1 heterocycles. The van der Waals surface area contributed by atoms with Crippen LogP contribution in [0.3, 0.4) is 0 Å². The Balaban J connectivity index is 1.56. The molecule has 1 saturated heterocycles. The number of nitrogens with one attached hydrogen (secondary N) is 1. The molecule has 1 amide bonds. The number of non-ortho nitro benzene ring substituents is 1. The number of amides is 1. The SMILES string of the molecule is O=C(N[C@H]1CCCc2ccccc21)[C@@H]1CCCCN1S(=O)(=O)c1ccc([N+](=O)[O-])cc1. The highest BCUT2D eigenvalue weighted by atomic mass is 32.2. The molecule has 2 aromatic carbocycles. The quantitative estimate of drug-likeness (QED) is 0.563. The zero-order valence-electron chi connectivity index (χ0n) is 17.1. The number of hydrogen-bond acceptors (Lipinski definition) is 5. The first kappa shape index (κ1) is 21.5. The maximum Gasteiger partial charge on any atom is 0.269 e. The fourth-order valence-corrected chi connectivity index (χ4v) is 6.16. The van der Waals surface area contributed by atoms with Crippen molar-refractivity contribution in [2.45, 2.75) is 55.5 Å². The standard InChI is InChI=1S/C22H25N3O5S/c26-22(23-20-9-5-7-16-6-1-2-8-19(16)20)21-10-3-4-15-24(21)31(29,30)18-13-11-17(12-14-18)25(27)28/h1-2,6,8,11-14,20-21H,3-5,7,9-10,15H2,(H,23,26)/t20-,21-/m0/s1. The van der Waals surface area contributed by atoms with Crippen LogP contribution in [0.15, 0.2) is 53.4 Å². The molecule has 0 aromatic heterocycles. The number of nitro groups is 1. The third-order valence-electron chi connectivity index (χ3n) is 6.10. The van der Waals surface area contributed by atoms with E-state index in [0.29, 0.717) is 12.8 Å². The van der Waals surface area contributed by atoms with Crippen LogP contribution in [0.1, 0.15) is 49.3 Å². The monoisotopic (exact) mass is 443 g/mol. The van der Waals surface area contributed by atoms with Crippen molar-refractivity contribution < 1.29 is 18.1 Å². The van der Waals surface area contributed by atoms with Gasteiger partial charge in [0.1, 0.15) is 6.04 Å². The Hall–Kier alpha value is -2.78. The molecule has 0 bridgehead atoms. The summed E-state index contributed by atoms with van der Waals surface area (Å²) in [4.78, 5) is 23.5. The van der Waals surface area contributed by atoms with Gasteiger partial charge in [-0.15, -0.1) is 0 Å². The molecule has 1 N–H and O–H groups in total. The summed E-state index contributed by atoms with van der Waals surface area (Å²) in [5, 5.41) is 14.0. The molecule has 2 atom stereocenters. The molecular formula is C22H25N3O5S. The summed E-state index contributed by atoms with van der Waals surface area (Å²) in [6.07, 6.45) is 4.66. The lowest BCUT2D eigenvalue weighted by Gasteiger charge is -2.35. The highest BCUT2D eigenvalue weighted by Crippen LogP contribution is 2.31. The number of nitro benzene ring substituents is 1. The minimum Gasteiger partial charge on any atom is -0.348 e. The molecule has 1 aliphatic heterocycles. The smallest absolute Gasteiger partial charge is 0.269 e. The number of carbonyl (C=O) groups is 1. The van der Waals surface area contributed by atoms with Crippen molar-refractivity contribution >= 4 is 21.6 Å². The van der Waals surface area contributed by atoms with Crippen molar-refractivity contribution in [3.05, 3.63) is 69.8 Å². The molecule has 31 heavy (non-hydrogen) atoms. The van der Waals surface area contributed by atoms with Gasteiger partial charge in [-0.2, -0.15) is 4.31 Å². The van der Waals surface area contributed by atoms with Crippen molar-refractivity contribution in [2.75, 3.05) is 6.54 Å². The highest BCUT2D eigenvalue weighted by Gasteiger charge is 2.38. The van der Waals surface area contributed by atoms with Gasteiger partial charge in [0, 0.05) is 18.7 Å². The average Bonchev–Trinajstić information content (AvgIpc) is 2.79. The van der Waals surface area contributed by atoms with Gasteiger partial charge in [0.25, 0.3) is 5.69 Å². The Morgan fingerprint density at radius 3 is 2.52 bits per heavy atom. The number of piperidine rings is 1. The molecule has 1 aliphatic carbocycles. The van der Waals surface area contributed by atoms with E-state index < -0.39 is 21.0 Å². The van der Waals surface area contributed by atoms with Crippen molar-refractivity contribution in [2.24, 2.45) is 0 Å². The first-order valence-corrected chi connectivity index (χ1v) is 12.0. The van der Waals surface area contributed by atoms with E-state index in [0.717, 1.165) is 31.2 Å². The minimum absolute atomic E-state index is 0.0409. The van der Waals surface area contributed by atoms with Crippen LogP contribution in [0.5, 0.6) is 0 Å². The number of nitrogens with zero attached hydrogens (tertiary/aromatic N) is 2. The van der Waals surface area contributed by atoms with Crippen molar-refractivity contribution in [3.8, 4) is 0 Å². The molecule has 8 nitrogen and oxygen atoms in total. The van der Waals surface area contributed by atoms with Gasteiger partial charge in [0.15, 0.2) is 0 Å². The van der Waals surface area contributed by atoms with Crippen LogP contribution < -0.4 is 5.32 Å². The molecule has 2 aromatic rings. The van der Waals surface area contributed by atoms with E-state index in [9.17, 15) is 23.3 Å². The molecule has 4 rings (SSSR count). The number of benzene rings is 2. The van der Waals surface area contributed by atoms with E-state index in [1.54, 1.807) is 0 Å². The molecule has 2 aliphatic rings. The Morgan fingerprint density at radius 1 is 1.03 bits per heavy atom. The van der Waals surface area contributed by atoms with E-state index in [4.69, 9.17) is 0 Å². The highest BCUT2D eigenvalue weighted by molar-refractivity contribution is 7.89. The third kappa shape index (κ3) is 4.33. The van der Waals surface area contributed by atoms with Gasteiger partial charge < -0.3 is 5.32 Å². The number of sulfonamides is 1. The molecule has 1 fully saturated rings. The van der Waals surface area contributed by atoms with Gasteiger partial charge in [0.05, 0.1) is 15.9 Å². The van der Waals surface area contributed by atoms with Crippen molar-refractivity contribution in [3.63, 3.8) is 0 Å². The summed E-state index contributed by atoms with van der Waals surface area (Å²) in [7, 11) is -3.95. The Labute approximate surface area is 181 Å². The van der Waals surface area contributed by atoms with E-state index in [1.807, 2.05) is 18.2 Å². The lowest BCUT2D eigenvalue weighted by atomic mass is 9.87. The number of carbonyl (C=O) groups excluding carboxylic acids is 1. The topological polar surface area (TPSA) is 110 Å². The molecule has 164 valence electrons. The van der Waals surface area contributed by atoms with Gasteiger partial charge in [0.2, 0.25) is 15.9 Å². The maximum absolute atomic E-state index is 13.2. The molecule has 9 heteroatoms. The molecule has 0 unspecified atom stereocenters. The van der Waals surface area contributed by atoms with E-state index in [2.05, 4.69) is 11.4 Å². The van der Waals surface area contributed by atoms with Gasteiger partial charge in [-0.05, 0) is 55.4 Å². The van der Waals surface area contributed by atoms with Gasteiger partial charge in [-0.3, -0.25) is 14.9 Å². The summed E-state index contributed by atoms with van der Waals surface area (Å²) in [6.45, 7) is 0.249. The molecule has 0 saturated carbocycles. The second-order valence-electron chi connectivity index (χ2n) is 8.03. The lowest BCUT2D eigenvalue weighted by molar-refractivity contribution is -0.384. The Morgan fingerprint density at radius 2 is 1.77 bits per heavy atom. The van der Waals surface area contributed by atoms with E-state index in [-0.39, 0.29) is 29.1 Å². The third-order valence-corrected chi connectivity index (χ3v) is 8.02. The first-order valence-electron chi connectivity index (χ1n) is 10.5. The van der Waals surface area contributed by atoms with Crippen LogP contribution in [0, 0.1) is 10.1 Å². The molecule has 0 spiro atoms. The number of hydrogen-bond donors (Lipinski definition) is 1. The second kappa shape index (κ2) is 8.76. The van der Waals surface area contributed by atoms with E-state index >= 15 is 0 Å². The number of rotatable bonds is 5. The van der Waals surface area contributed by atoms with Gasteiger partial charge in [-0.25, -0.2) is 8.42 Å². The summed E-state index contributed by atoms with van der Waals surface area (Å²) < 4.78 is 27.8. The minimum atomic E-state index is -3.95. The van der Waals surface area contributed by atoms with Crippen LogP contribution in [-0.4, -0.2) is 36.1 Å². The predicted octanol–water partition coefficient (Wildman–Crippen LogP) is 3.33. The summed E-state index contributed by atoms with van der Waals surface area (Å²) in [5.41, 5.74) is 2.14. The number of fused-ring (bicyclic) bond motifs is 1. The zero-order valence-corrected chi connectivity index (χ0v) is 17.9. The largest absolute Gasteiger partial charge is 0.348 e. The first-order chi connectivity index (χ1) is 14.9. The average molecular weight is 444 g/mol. The summed E-state index contributed by atoms with van der Waals surface area (Å²) in [5.74, 6) is -0.285. The van der Waals surface area contributed by atoms with Crippen LogP contribution in [-0.2, 0) is 21.2 Å². The Bertz CT molecular complexity index is 1080. The fourth-order valence-electron chi connectivity index (χ4n) is 4.50. The van der Waals surface area contributed by atoms with Crippen LogP contribution in [0.25, 0.3) is 0 Å². The van der Waals surface area contributed by atoms with E-state index in [1.165, 1.54) is 34.1 Å².